The zero-order valence-electron chi connectivity index (χ0n) is 11.1. The maximum atomic E-state index is 6.04. The van der Waals surface area contributed by atoms with Crippen LogP contribution in [0.15, 0.2) is 12.1 Å². The minimum absolute atomic E-state index is 0.0157. The van der Waals surface area contributed by atoms with Crippen molar-refractivity contribution in [3.8, 4) is 11.8 Å². The molecule has 0 fully saturated rings. The number of anilines is 2. The number of ether oxygens (including phenoxy) is 1. The molecule has 0 atom stereocenters. The predicted molar refractivity (Wildman–Crippen MR) is 83.5 cm³/mol. The Morgan fingerprint density at radius 2 is 1.71 bits per heavy atom. The molecule has 1 heterocycles. The molecule has 2 rings (SSSR count). The van der Waals surface area contributed by atoms with Gasteiger partial charge in [0.2, 0.25) is 11.9 Å². The van der Waals surface area contributed by atoms with Crippen molar-refractivity contribution in [2.45, 2.75) is 0 Å². The number of rotatable bonds is 4. The topological polar surface area (TPSA) is 89.2 Å². The fourth-order valence-corrected chi connectivity index (χ4v) is 1.91. The van der Waals surface area contributed by atoms with E-state index < -0.39 is 0 Å². The van der Waals surface area contributed by atoms with Crippen LogP contribution in [0.4, 0.5) is 11.9 Å². The van der Waals surface area contributed by atoms with E-state index in [-0.39, 0.29) is 22.7 Å². The first-order valence-corrected chi connectivity index (χ1v) is 6.76. The van der Waals surface area contributed by atoms with Crippen molar-refractivity contribution < 1.29 is 4.74 Å². The molecule has 3 N–H and O–H groups in total. The average molecular weight is 350 g/mol. The van der Waals surface area contributed by atoms with Crippen LogP contribution in [-0.2, 0) is 0 Å². The number of aromatic nitrogens is 3. The molecule has 0 unspecified atom stereocenters. The molecule has 0 spiro atoms. The second kappa shape index (κ2) is 6.48. The van der Waals surface area contributed by atoms with E-state index in [1.807, 2.05) is 0 Å². The van der Waals surface area contributed by atoms with Gasteiger partial charge in [-0.15, -0.1) is 0 Å². The van der Waals surface area contributed by atoms with E-state index >= 15 is 0 Å². The zero-order valence-corrected chi connectivity index (χ0v) is 13.3. The average Bonchev–Trinajstić information content (AvgIpc) is 2.44. The summed E-state index contributed by atoms with van der Waals surface area (Å²) in [6.45, 7) is 0. The SMILES string of the molecule is CN(C)c1nc(NN)nc(Oc2cc(Cl)c(Cl)cc2Cl)n1. The molecule has 7 nitrogen and oxygen atoms in total. The second-order valence-electron chi connectivity index (χ2n) is 4.08. The van der Waals surface area contributed by atoms with Crippen LogP contribution in [0, 0.1) is 0 Å². The van der Waals surface area contributed by atoms with Crippen molar-refractivity contribution in [2.75, 3.05) is 24.4 Å². The van der Waals surface area contributed by atoms with Crippen molar-refractivity contribution in [3.63, 3.8) is 0 Å². The first kappa shape index (κ1) is 15.8. The summed E-state index contributed by atoms with van der Waals surface area (Å²) in [6, 6.07) is 2.96. The normalized spacial score (nSPS) is 10.4. The van der Waals surface area contributed by atoms with Gasteiger partial charge in [-0.05, 0) is 6.07 Å². The minimum Gasteiger partial charge on any atom is -0.422 e. The number of nitrogens with two attached hydrogens (primary N) is 1. The maximum Gasteiger partial charge on any atom is 0.328 e. The summed E-state index contributed by atoms with van der Waals surface area (Å²) in [6.07, 6.45) is 0. The zero-order chi connectivity index (χ0) is 15.6. The highest BCUT2D eigenvalue weighted by Crippen LogP contribution is 2.35. The second-order valence-corrected chi connectivity index (χ2v) is 5.30. The molecule has 0 aliphatic carbocycles. The maximum absolute atomic E-state index is 6.04. The Labute approximate surface area is 136 Å². The fourth-order valence-electron chi connectivity index (χ4n) is 1.34. The third kappa shape index (κ3) is 3.76. The van der Waals surface area contributed by atoms with Crippen molar-refractivity contribution in [3.05, 3.63) is 27.2 Å². The number of benzene rings is 1. The molecule has 0 saturated carbocycles. The van der Waals surface area contributed by atoms with Gasteiger partial charge in [0.25, 0.3) is 0 Å². The van der Waals surface area contributed by atoms with E-state index in [4.69, 9.17) is 45.4 Å². The van der Waals surface area contributed by atoms with Crippen molar-refractivity contribution in [1.82, 2.24) is 15.0 Å². The summed E-state index contributed by atoms with van der Waals surface area (Å²) in [5, 5.41) is 0.900. The van der Waals surface area contributed by atoms with Gasteiger partial charge in [-0.3, -0.25) is 5.43 Å². The highest BCUT2D eigenvalue weighted by Gasteiger charge is 2.13. The molecule has 0 aliphatic rings. The summed E-state index contributed by atoms with van der Waals surface area (Å²) in [5.74, 6) is 6.10. The lowest BCUT2D eigenvalue weighted by Crippen LogP contribution is -2.17. The molecule has 21 heavy (non-hydrogen) atoms. The third-order valence-corrected chi connectivity index (χ3v) is 3.33. The smallest absolute Gasteiger partial charge is 0.328 e. The van der Waals surface area contributed by atoms with Crippen molar-refractivity contribution in [1.29, 1.82) is 0 Å². The molecule has 0 radical (unpaired) electrons. The minimum atomic E-state index is 0.0157. The summed E-state index contributed by atoms with van der Waals surface area (Å²) in [5.41, 5.74) is 2.33. The molecular formula is C11H11Cl3N6O. The highest BCUT2D eigenvalue weighted by molar-refractivity contribution is 6.43. The number of nitrogen functional groups attached to an aromatic ring is 1. The lowest BCUT2D eigenvalue weighted by atomic mass is 10.3. The molecule has 0 saturated heterocycles. The molecule has 0 amide bonds. The Bertz CT molecular complexity index is 667. The van der Waals surface area contributed by atoms with Crippen LogP contribution in [0.25, 0.3) is 0 Å². The van der Waals surface area contributed by atoms with Crippen LogP contribution in [0.1, 0.15) is 0 Å². The first-order valence-electron chi connectivity index (χ1n) is 5.63. The van der Waals surface area contributed by atoms with E-state index in [1.54, 1.807) is 19.0 Å². The van der Waals surface area contributed by atoms with Gasteiger partial charge < -0.3 is 9.64 Å². The van der Waals surface area contributed by atoms with Gasteiger partial charge in [-0.1, -0.05) is 34.8 Å². The molecule has 2 aromatic rings. The lowest BCUT2D eigenvalue weighted by Gasteiger charge is -2.13. The van der Waals surface area contributed by atoms with Gasteiger partial charge in [0.05, 0.1) is 15.1 Å². The molecule has 1 aromatic heterocycles. The standard InChI is InChI=1S/C11H11Cl3N6O/c1-20(2)10-16-9(19-15)17-11(18-10)21-8-4-6(13)5(12)3-7(8)14/h3-4H,15H2,1-2H3,(H,16,17,18,19). The van der Waals surface area contributed by atoms with Crippen LogP contribution < -0.4 is 20.9 Å². The van der Waals surface area contributed by atoms with Crippen molar-refractivity contribution >= 4 is 46.7 Å². The van der Waals surface area contributed by atoms with Gasteiger partial charge in [0.1, 0.15) is 0 Å². The van der Waals surface area contributed by atoms with Gasteiger partial charge in [0, 0.05) is 20.2 Å². The first-order chi connectivity index (χ1) is 9.90. The van der Waals surface area contributed by atoms with Gasteiger partial charge in [-0.25, -0.2) is 5.84 Å². The summed E-state index contributed by atoms with van der Waals surface area (Å²) in [4.78, 5) is 13.8. The Hall–Kier alpha value is -1.54. The van der Waals surface area contributed by atoms with E-state index in [1.165, 1.54) is 12.1 Å². The van der Waals surface area contributed by atoms with Gasteiger partial charge >= 0.3 is 6.01 Å². The molecule has 1 aromatic carbocycles. The van der Waals surface area contributed by atoms with Crippen LogP contribution >= 0.6 is 34.8 Å². The number of halogens is 3. The lowest BCUT2D eigenvalue weighted by molar-refractivity contribution is 0.441. The number of nitrogens with one attached hydrogen (secondary N) is 1. The van der Waals surface area contributed by atoms with Gasteiger partial charge in [-0.2, -0.15) is 15.0 Å². The third-order valence-electron chi connectivity index (χ3n) is 2.31. The Kier molecular flexibility index (Phi) is 4.89. The molecule has 0 aliphatic heterocycles. The van der Waals surface area contributed by atoms with E-state index in [2.05, 4.69) is 20.4 Å². The fraction of sp³-hybridized carbons (Fsp3) is 0.182. The Morgan fingerprint density at radius 3 is 2.33 bits per heavy atom. The molecule has 10 heteroatoms. The van der Waals surface area contributed by atoms with E-state index in [0.29, 0.717) is 16.0 Å². The predicted octanol–water partition coefficient (Wildman–Crippen LogP) is 2.98. The summed E-state index contributed by atoms with van der Waals surface area (Å²) < 4.78 is 5.52. The summed E-state index contributed by atoms with van der Waals surface area (Å²) >= 11 is 17.8. The number of hydrazine groups is 1. The Morgan fingerprint density at radius 1 is 1.05 bits per heavy atom. The van der Waals surface area contributed by atoms with Crippen molar-refractivity contribution in [2.24, 2.45) is 5.84 Å². The Balaban J connectivity index is 2.39. The number of hydrogen-bond acceptors (Lipinski definition) is 7. The number of hydrogen-bond donors (Lipinski definition) is 2. The van der Waals surface area contributed by atoms with Crippen LogP contribution in [0.2, 0.25) is 15.1 Å². The van der Waals surface area contributed by atoms with Crippen LogP contribution in [0.5, 0.6) is 11.8 Å². The molecule has 112 valence electrons. The van der Waals surface area contributed by atoms with E-state index in [9.17, 15) is 0 Å². The number of nitrogens with zero attached hydrogens (tertiary/aromatic N) is 4. The monoisotopic (exact) mass is 348 g/mol. The quantitative estimate of drug-likeness (QED) is 0.498. The van der Waals surface area contributed by atoms with Gasteiger partial charge in [0.15, 0.2) is 5.75 Å². The summed E-state index contributed by atoms with van der Waals surface area (Å²) in [7, 11) is 3.54. The van der Waals surface area contributed by atoms with Crippen LogP contribution in [-0.4, -0.2) is 29.0 Å². The highest BCUT2D eigenvalue weighted by atomic mass is 35.5. The van der Waals surface area contributed by atoms with E-state index in [0.717, 1.165) is 0 Å². The van der Waals surface area contributed by atoms with Crippen LogP contribution in [0.3, 0.4) is 0 Å². The molecular weight excluding hydrogens is 339 g/mol. The largest absolute Gasteiger partial charge is 0.422 e. The molecule has 0 bridgehead atoms.